The number of rotatable bonds is 5. The maximum Gasteiger partial charge on any atom is 0.00962 e. The average molecular weight is 212 g/mol. The van der Waals surface area contributed by atoms with Crippen molar-refractivity contribution in [2.75, 3.05) is 19.6 Å². The van der Waals surface area contributed by atoms with Crippen LogP contribution in [-0.2, 0) is 0 Å². The molecule has 1 rings (SSSR count). The lowest BCUT2D eigenvalue weighted by Gasteiger charge is -2.28. The zero-order valence-corrected chi connectivity index (χ0v) is 10.8. The Kier molecular flexibility index (Phi) is 5.07. The van der Waals surface area contributed by atoms with Gasteiger partial charge in [0, 0.05) is 6.04 Å². The summed E-state index contributed by atoms with van der Waals surface area (Å²) in [5, 5.41) is 0. The summed E-state index contributed by atoms with van der Waals surface area (Å²) in [5.74, 6) is 0. The van der Waals surface area contributed by atoms with Gasteiger partial charge in [0.05, 0.1) is 0 Å². The van der Waals surface area contributed by atoms with Crippen molar-refractivity contribution in [3.05, 3.63) is 0 Å². The second-order valence-corrected chi connectivity index (χ2v) is 6.07. The topological polar surface area (TPSA) is 29.3 Å². The largest absolute Gasteiger partial charge is 0.330 e. The minimum Gasteiger partial charge on any atom is -0.330 e. The number of nitrogens with zero attached hydrogens (tertiary/aromatic N) is 1. The molecule has 0 spiro atoms. The van der Waals surface area contributed by atoms with Gasteiger partial charge in [-0.2, -0.15) is 0 Å². The minimum atomic E-state index is 0.473. The Labute approximate surface area is 95.2 Å². The average Bonchev–Trinajstić information content (AvgIpc) is 2.57. The van der Waals surface area contributed by atoms with E-state index in [1.165, 1.54) is 45.2 Å². The molecule has 0 radical (unpaired) electrons. The van der Waals surface area contributed by atoms with Gasteiger partial charge >= 0.3 is 0 Å². The van der Waals surface area contributed by atoms with Crippen LogP contribution in [0.15, 0.2) is 0 Å². The fraction of sp³-hybridized carbons (Fsp3) is 1.00. The van der Waals surface area contributed by atoms with Gasteiger partial charge in [-0.1, -0.05) is 20.8 Å². The van der Waals surface area contributed by atoms with E-state index in [2.05, 4.69) is 25.7 Å². The lowest BCUT2D eigenvalue weighted by molar-refractivity contribution is 0.204. The Morgan fingerprint density at radius 3 is 2.67 bits per heavy atom. The first-order valence-corrected chi connectivity index (χ1v) is 6.47. The molecular weight excluding hydrogens is 184 g/mol. The van der Waals surface area contributed by atoms with E-state index in [4.69, 9.17) is 5.73 Å². The molecule has 0 aromatic heterocycles. The Morgan fingerprint density at radius 2 is 2.07 bits per heavy atom. The highest BCUT2D eigenvalue weighted by atomic mass is 15.2. The van der Waals surface area contributed by atoms with Gasteiger partial charge < -0.3 is 10.6 Å². The maximum atomic E-state index is 5.58. The first kappa shape index (κ1) is 13.0. The van der Waals surface area contributed by atoms with Crippen molar-refractivity contribution >= 4 is 0 Å². The Balaban J connectivity index is 2.27. The molecule has 2 nitrogen and oxygen atoms in total. The second kappa shape index (κ2) is 5.86. The molecule has 90 valence electrons. The van der Waals surface area contributed by atoms with Crippen molar-refractivity contribution < 1.29 is 0 Å². The molecule has 1 atom stereocenters. The Bertz CT molecular complexity index is 172. The van der Waals surface area contributed by atoms with Crippen LogP contribution in [0.4, 0.5) is 0 Å². The van der Waals surface area contributed by atoms with Crippen molar-refractivity contribution in [1.29, 1.82) is 0 Å². The normalized spacial score (nSPS) is 23.6. The summed E-state index contributed by atoms with van der Waals surface area (Å²) in [7, 11) is 0. The summed E-state index contributed by atoms with van der Waals surface area (Å²) < 4.78 is 0. The van der Waals surface area contributed by atoms with Gasteiger partial charge in [0.1, 0.15) is 0 Å². The van der Waals surface area contributed by atoms with E-state index in [-0.39, 0.29) is 0 Å². The smallest absolute Gasteiger partial charge is 0.00962 e. The monoisotopic (exact) mass is 212 g/mol. The van der Waals surface area contributed by atoms with Crippen molar-refractivity contribution in [2.24, 2.45) is 11.1 Å². The quantitative estimate of drug-likeness (QED) is 0.759. The van der Waals surface area contributed by atoms with Crippen molar-refractivity contribution in [3.8, 4) is 0 Å². The van der Waals surface area contributed by atoms with Crippen LogP contribution in [0.25, 0.3) is 0 Å². The lowest BCUT2D eigenvalue weighted by atomic mass is 9.92. The van der Waals surface area contributed by atoms with Gasteiger partial charge in [0.15, 0.2) is 0 Å². The van der Waals surface area contributed by atoms with Crippen LogP contribution in [0.3, 0.4) is 0 Å². The predicted molar refractivity (Wildman–Crippen MR) is 67.0 cm³/mol. The molecule has 2 heteroatoms. The molecule has 0 amide bonds. The summed E-state index contributed by atoms with van der Waals surface area (Å²) in [6, 6.07) is 0.830. The van der Waals surface area contributed by atoms with Crippen molar-refractivity contribution in [1.82, 2.24) is 4.90 Å². The van der Waals surface area contributed by atoms with Crippen LogP contribution in [0.1, 0.15) is 52.9 Å². The third-order valence-electron chi connectivity index (χ3n) is 3.39. The molecule has 15 heavy (non-hydrogen) atoms. The third-order valence-corrected chi connectivity index (χ3v) is 3.39. The molecular formula is C13H28N2. The summed E-state index contributed by atoms with van der Waals surface area (Å²) >= 11 is 0. The first-order valence-electron chi connectivity index (χ1n) is 6.47. The van der Waals surface area contributed by atoms with E-state index < -0.39 is 0 Å². The number of hydrogen-bond acceptors (Lipinski definition) is 2. The summed E-state index contributed by atoms with van der Waals surface area (Å²) in [5.41, 5.74) is 6.05. The molecule has 1 aliphatic heterocycles. The van der Waals surface area contributed by atoms with E-state index in [1.807, 2.05) is 0 Å². The molecule has 0 bridgehead atoms. The van der Waals surface area contributed by atoms with Gasteiger partial charge in [0.2, 0.25) is 0 Å². The fourth-order valence-electron chi connectivity index (χ4n) is 2.35. The van der Waals surface area contributed by atoms with Crippen LogP contribution >= 0.6 is 0 Å². The SMILES string of the molecule is CC(C)(C)CCN1CCCC1CCCN. The Morgan fingerprint density at radius 1 is 1.33 bits per heavy atom. The molecule has 1 aliphatic rings. The summed E-state index contributed by atoms with van der Waals surface area (Å²) in [6.45, 7) is 10.4. The zero-order valence-electron chi connectivity index (χ0n) is 10.8. The van der Waals surface area contributed by atoms with Crippen LogP contribution in [0.2, 0.25) is 0 Å². The molecule has 1 fully saturated rings. The molecule has 1 heterocycles. The molecule has 1 saturated heterocycles. The molecule has 2 N–H and O–H groups in total. The predicted octanol–water partition coefficient (Wildman–Crippen LogP) is 2.63. The van der Waals surface area contributed by atoms with Gasteiger partial charge in [0.25, 0.3) is 0 Å². The number of nitrogens with two attached hydrogens (primary N) is 1. The minimum absolute atomic E-state index is 0.473. The van der Waals surface area contributed by atoms with Gasteiger partial charge in [-0.15, -0.1) is 0 Å². The van der Waals surface area contributed by atoms with Crippen LogP contribution < -0.4 is 5.73 Å². The molecule has 0 aromatic rings. The van der Waals surface area contributed by atoms with E-state index in [9.17, 15) is 0 Å². The van der Waals surface area contributed by atoms with E-state index in [0.717, 1.165) is 12.6 Å². The molecule has 0 aromatic carbocycles. The van der Waals surface area contributed by atoms with Gasteiger partial charge in [-0.3, -0.25) is 0 Å². The fourth-order valence-corrected chi connectivity index (χ4v) is 2.35. The standard InChI is InChI=1S/C13H28N2/c1-13(2,3)8-11-15-10-5-7-12(15)6-4-9-14/h12H,4-11,14H2,1-3H3. The Hall–Kier alpha value is -0.0800. The van der Waals surface area contributed by atoms with Gasteiger partial charge in [-0.25, -0.2) is 0 Å². The molecule has 1 unspecified atom stereocenters. The van der Waals surface area contributed by atoms with Gasteiger partial charge in [-0.05, 0) is 57.2 Å². The first-order chi connectivity index (χ1) is 7.03. The van der Waals surface area contributed by atoms with E-state index in [1.54, 1.807) is 0 Å². The van der Waals surface area contributed by atoms with E-state index in [0.29, 0.717) is 5.41 Å². The van der Waals surface area contributed by atoms with Crippen LogP contribution in [0, 0.1) is 5.41 Å². The highest BCUT2D eigenvalue weighted by Crippen LogP contribution is 2.25. The highest BCUT2D eigenvalue weighted by Gasteiger charge is 2.24. The van der Waals surface area contributed by atoms with Crippen LogP contribution in [0.5, 0.6) is 0 Å². The highest BCUT2D eigenvalue weighted by molar-refractivity contribution is 4.80. The van der Waals surface area contributed by atoms with Crippen LogP contribution in [-0.4, -0.2) is 30.6 Å². The van der Waals surface area contributed by atoms with Crippen molar-refractivity contribution in [3.63, 3.8) is 0 Å². The molecule has 0 saturated carbocycles. The molecule has 0 aliphatic carbocycles. The van der Waals surface area contributed by atoms with Crippen molar-refractivity contribution in [2.45, 2.75) is 58.9 Å². The van der Waals surface area contributed by atoms with E-state index >= 15 is 0 Å². The second-order valence-electron chi connectivity index (χ2n) is 6.07. The summed E-state index contributed by atoms with van der Waals surface area (Å²) in [6.07, 6.45) is 6.59. The summed E-state index contributed by atoms with van der Waals surface area (Å²) in [4.78, 5) is 2.68. The third kappa shape index (κ3) is 4.98. The number of likely N-dealkylation sites (tertiary alicyclic amines) is 1. The maximum absolute atomic E-state index is 5.58. The number of hydrogen-bond donors (Lipinski definition) is 1. The lowest BCUT2D eigenvalue weighted by Crippen LogP contribution is -2.32. The zero-order chi connectivity index (χ0) is 11.3.